The van der Waals surface area contributed by atoms with E-state index in [0.29, 0.717) is 6.42 Å². The average Bonchev–Trinajstić information content (AvgIpc) is 2.55. The Balaban J connectivity index is 1.91. The summed E-state index contributed by atoms with van der Waals surface area (Å²) in [5.74, 6) is -0.532. The largest absolute Gasteiger partial charge is 0.468 e. The molecule has 0 aromatic rings. The van der Waals surface area contributed by atoms with Crippen LogP contribution < -0.4 is 11.1 Å². The van der Waals surface area contributed by atoms with E-state index < -0.39 is 12.0 Å². The highest BCUT2D eigenvalue weighted by Crippen LogP contribution is 2.42. The van der Waals surface area contributed by atoms with Gasteiger partial charge in [0.2, 0.25) is 5.91 Å². The Kier molecular flexibility index (Phi) is 2.88. The lowest BCUT2D eigenvalue weighted by Crippen LogP contribution is -2.47. The zero-order valence-electron chi connectivity index (χ0n) is 9.49. The Morgan fingerprint density at radius 3 is 2.81 bits per heavy atom. The van der Waals surface area contributed by atoms with Crippen LogP contribution in [0, 0.1) is 5.92 Å². The molecule has 1 amide bonds. The predicted molar refractivity (Wildman–Crippen MR) is 57.4 cm³/mol. The summed E-state index contributed by atoms with van der Waals surface area (Å²) in [5, 5.41) is 3.03. The van der Waals surface area contributed by atoms with Gasteiger partial charge in [0.1, 0.15) is 6.04 Å². The molecule has 1 spiro atoms. The van der Waals surface area contributed by atoms with Gasteiger partial charge in [-0.2, -0.15) is 0 Å². The normalized spacial score (nSPS) is 28.4. The topological polar surface area (TPSA) is 81.4 Å². The van der Waals surface area contributed by atoms with Gasteiger partial charge in [-0.05, 0) is 32.1 Å². The molecule has 0 radical (unpaired) electrons. The summed E-state index contributed by atoms with van der Waals surface area (Å²) >= 11 is 0. The first-order valence-electron chi connectivity index (χ1n) is 5.72. The quantitative estimate of drug-likeness (QED) is 0.660. The van der Waals surface area contributed by atoms with E-state index in [1.54, 1.807) is 0 Å². The van der Waals surface area contributed by atoms with E-state index in [1.807, 2.05) is 0 Å². The van der Waals surface area contributed by atoms with E-state index in [9.17, 15) is 9.59 Å². The molecule has 0 bridgehead atoms. The standard InChI is InChI=1S/C11H18N2O3/c1-16-10(15)8(12)5-7-6-11(3-2-4-11)13-9(7)14/h7-8H,2-6,12H2,1H3,(H,13,14)/t7-,8+/m1/s1. The summed E-state index contributed by atoms with van der Waals surface area (Å²) in [6, 6.07) is -0.684. The lowest BCUT2D eigenvalue weighted by atomic mass is 9.74. The van der Waals surface area contributed by atoms with Crippen LogP contribution >= 0.6 is 0 Å². The Hall–Kier alpha value is -1.10. The molecular formula is C11H18N2O3. The molecule has 2 atom stereocenters. The number of nitrogens with two attached hydrogens (primary N) is 1. The van der Waals surface area contributed by atoms with E-state index in [0.717, 1.165) is 19.3 Å². The lowest BCUT2D eigenvalue weighted by molar-refractivity contribution is -0.142. The number of amides is 1. The smallest absolute Gasteiger partial charge is 0.322 e. The third kappa shape index (κ3) is 1.91. The van der Waals surface area contributed by atoms with Gasteiger partial charge < -0.3 is 15.8 Å². The van der Waals surface area contributed by atoms with Crippen LogP contribution in [0.25, 0.3) is 0 Å². The van der Waals surface area contributed by atoms with Crippen molar-refractivity contribution < 1.29 is 14.3 Å². The van der Waals surface area contributed by atoms with Gasteiger partial charge in [-0.1, -0.05) is 0 Å². The van der Waals surface area contributed by atoms with Gasteiger partial charge in [-0.15, -0.1) is 0 Å². The monoisotopic (exact) mass is 226 g/mol. The molecule has 2 rings (SSSR count). The zero-order valence-corrected chi connectivity index (χ0v) is 9.49. The number of methoxy groups -OCH3 is 1. The third-order valence-corrected chi connectivity index (χ3v) is 3.75. The fourth-order valence-corrected chi connectivity index (χ4v) is 2.66. The number of esters is 1. The van der Waals surface area contributed by atoms with Crippen molar-refractivity contribution in [2.75, 3.05) is 7.11 Å². The first-order valence-corrected chi connectivity index (χ1v) is 5.72. The molecule has 0 aromatic heterocycles. The summed E-state index contributed by atoms with van der Waals surface area (Å²) < 4.78 is 4.55. The van der Waals surface area contributed by atoms with Crippen molar-refractivity contribution in [1.82, 2.24) is 5.32 Å². The first kappa shape index (κ1) is 11.4. The van der Waals surface area contributed by atoms with Crippen molar-refractivity contribution >= 4 is 11.9 Å². The molecule has 5 heteroatoms. The van der Waals surface area contributed by atoms with Gasteiger partial charge in [0.05, 0.1) is 7.11 Å². The number of carbonyl (C=O) groups excluding carboxylic acids is 2. The number of ether oxygens (including phenoxy) is 1. The molecule has 2 aliphatic rings. The number of nitrogens with one attached hydrogen (secondary N) is 1. The van der Waals surface area contributed by atoms with E-state index in [2.05, 4.69) is 10.1 Å². The maximum Gasteiger partial charge on any atom is 0.322 e. The van der Waals surface area contributed by atoms with Gasteiger partial charge in [-0.25, -0.2) is 0 Å². The number of carbonyl (C=O) groups is 2. The molecule has 1 heterocycles. The second-order valence-corrected chi connectivity index (χ2v) is 4.89. The summed E-state index contributed by atoms with van der Waals surface area (Å²) in [7, 11) is 1.31. The highest BCUT2D eigenvalue weighted by atomic mass is 16.5. The molecule has 5 nitrogen and oxygen atoms in total. The molecule has 0 unspecified atom stereocenters. The molecule has 1 saturated carbocycles. The van der Waals surface area contributed by atoms with Crippen molar-refractivity contribution in [3.8, 4) is 0 Å². The maximum atomic E-state index is 11.7. The van der Waals surface area contributed by atoms with Crippen LogP contribution in [0.4, 0.5) is 0 Å². The maximum absolute atomic E-state index is 11.7. The minimum atomic E-state index is -0.684. The van der Waals surface area contributed by atoms with Gasteiger partial charge in [0.15, 0.2) is 0 Å². The van der Waals surface area contributed by atoms with Crippen LogP contribution in [0.3, 0.4) is 0 Å². The highest BCUT2D eigenvalue weighted by Gasteiger charge is 2.48. The number of hydrogen-bond acceptors (Lipinski definition) is 4. The molecule has 1 aliphatic heterocycles. The SMILES string of the molecule is COC(=O)[C@@H](N)C[C@@H]1CC2(CCC2)NC1=O. The molecule has 1 aliphatic carbocycles. The minimum absolute atomic E-state index is 0.0254. The highest BCUT2D eigenvalue weighted by molar-refractivity contribution is 5.84. The van der Waals surface area contributed by atoms with Gasteiger partial charge >= 0.3 is 5.97 Å². The van der Waals surface area contributed by atoms with Gasteiger partial charge in [-0.3, -0.25) is 9.59 Å². The second-order valence-electron chi connectivity index (χ2n) is 4.89. The van der Waals surface area contributed by atoms with Crippen LogP contribution in [0.2, 0.25) is 0 Å². The van der Waals surface area contributed by atoms with E-state index in [4.69, 9.17) is 5.73 Å². The molecule has 2 fully saturated rings. The first-order chi connectivity index (χ1) is 7.56. The predicted octanol–water partition coefficient (Wildman–Crippen LogP) is -0.0644. The van der Waals surface area contributed by atoms with Crippen molar-refractivity contribution in [2.45, 2.75) is 43.7 Å². The molecule has 90 valence electrons. The average molecular weight is 226 g/mol. The van der Waals surface area contributed by atoms with Crippen LogP contribution in [0.15, 0.2) is 0 Å². The van der Waals surface area contributed by atoms with E-state index in [1.165, 1.54) is 13.5 Å². The summed E-state index contributed by atoms with van der Waals surface area (Å²) in [4.78, 5) is 22.9. The van der Waals surface area contributed by atoms with Crippen molar-refractivity contribution in [3.05, 3.63) is 0 Å². The Morgan fingerprint density at radius 1 is 1.69 bits per heavy atom. The zero-order chi connectivity index (χ0) is 11.8. The Labute approximate surface area is 94.7 Å². The van der Waals surface area contributed by atoms with Crippen molar-refractivity contribution in [1.29, 1.82) is 0 Å². The van der Waals surface area contributed by atoms with Crippen LogP contribution in [0.5, 0.6) is 0 Å². The second kappa shape index (κ2) is 4.05. The fourth-order valence-electron chi connectivity index (χ4n) is 2.66. The summed E-state index contributed by atoms with van der Waals surface area (Å²) in [6.07, 6.45) is 4.50. The molecule has 0 aromatic carbocycles. The van der Waals surface area contributed by atoms with Crippen LogP contribution in [0.1, 0.15) is 32.1 Å². The molecule has 3 N–H and O–H groups in total. The lowest BCUT2D eigenvalue weighted by Gasteiger charge is -2.38. The Morgan fingerprint density at radius 2 is 2.38 bits per heavy atom. The molecule has 16 heavy (non-hydrogen) atoms. The summed E-state index contributed by atoms with van der Waals surface area (Å²) in [6.45, 7) is 0. The minimum Gasteiger partial charge on any atom is -0.468 e. The van der Waals surface area contributed by atoms with E-state index >= 15 is 0 Å². The van der Waals surface area contributed by atoms with Crippen LogP contribution in [-0.4, -0.2) is 30.6 Å². The van der Waals surface area contributed by atoms with Crippen molar-refractivity contribution in [2.24, 2.45) is 11.7 Å². The van der Waals surface area contributed by atoms with E-state index in [-0.39, 0.29) is 17.4 Å². The Bertz CT molecular complexity index is 312. The van der Waals surface area contributed by atoms with Crippen molar-refractivity contribution in [3.63, 3.8) is 0 Å². The van der Waals surface area contributed by atoms with Gasteiger partial charge in [0.25, 0.3) is 0 Å². The van der Waals surface area contributed by atoms with Crippen LogP contribution in [-0.2, 0) is 14.3 Å². The number of hydrogen-bond donors (Lipinski definition) is 2. The molecular weight excluding hydrogens is 208 g/mol. The van der Waals surface area contributed by atoms with Gasteiger partial charge in [0, 0.05) is 11.5 Å². The molecule has 1 saturated heterocycles. The number of rotatable bonds is 3. The fraction of sp³-hybridized carbons (Fsp3) is 0.818. The summed E-state index contributed by atoms with van der Waals surface area (Å²) in [5.41, 5.74) is 5.69. The third-order valence-electron chi connectivity index (χ3n) is 3.75.